The molecule has 0 nitrogen and oxygen atoms in total. The lowest BCUT2D eigenvalue weighted by atomic mass is 10.1. The first-order valence-electron chi connectivity index (χ1n) is 3.78. The van der Waals surface area contributed by atoms with Crippen molar-refractivity contribution in [3.63, 3.8) is 0 Å². The molecule has 0 aromatic heterocycles. The number of hydrogen-bond acceptors (Lipinski definition) is 0. The highest BCUT2D eigenvalue weighted by Gasteiger charge is 1.89. The summed E-state index contributed by atoms with van der Waals surface area (Å²) in [6.07, 6.45) is 11.1. The van der Waals surface area contributed by atoms with Gasteiger partial charge in [-0.3, -0.25) is 0 Å². The Morgan fingerprint density at radius 1 is 1.20 bits per heavy atom. The Morgan fingerprint density at radius 2 is 2.00 bits per heavy atom. The summed E-state index contributed by atoms with van der Waals surface area (Å²) in [6.45, 7) is 4.33. The minimum Gasteiger partial charge on any atom is -0.0815 e. The Morgan fingerprint density at radius 3 is 2.80 bits per heavy atom. The van der Waals surface area contributed by atoms with Crippen LogP contribution in [0.1, 0.15) is 26.7 Å². The molecule has 0 N–H and O–H groups in total. The highest BCUT2D eigenvalue weighted by atomic mass is 14.0. The molecule has 0 saturated heterocycles. The maximum absolute atomic E-state index is 2.28. The summed E-state index contributed by atoms with van der Waals surface area (Å²) >= 11 is 0. The van der Waals surface area contributed by atoms with E-state index < -0.39 is 0 Å². The molecule has 54 valence electrons. The van der Waals surface area contributed by atoms with E-state index in [-0.39, 0.29) is 0 Å². The maximum Gasteiger partial charge on any atom is -0.0136 e. The van der Waals surface area contributed by atoms with Gasteiger partial charge in [-0.25, -0.2) is 0 Å². The first kappa shape index (κ1) is 7.33. The molecule has 0 heterocycles. The Balaban J connectivity index is 2.71. The Kier molecular flexibility index (Phi) is 2.49. The standard InChI is InChI=1S/C10H14/c1-9-5-3-4-6-10(2)8-7-9/h3,5-7H,4,8H2,1-2H3/b5-3-,9-7-,10-6+. The summed E-state index contributed by atoms with van der Waals surface area (Å²) in [5.41, 5.74) is 2.86. The minimum atomic E-state index is 1.09. The molecule has 1 rings (SSSR count). The van der Waals surface area contributed by atoms with Gasteiger partial charge < -0.3 is 0 Å². The van der Waals surface area contributed by atoms with E-state index in [2.05, 4.69) is 38.2 Å². The molecule has 0 heteroatoms. The predicted molar refractivity (Wildman–Crippen MR) is 45.9 cm³/mol. The molecule has 0 atom stereocenters. The van der Waals surface area contributed by atoms with Gasteiger partial charge in [0.15, 0.2) is 0 Å². The predicted octanol–water partition coefficient (Wildman–Crippen LogP) is 3.23. The van der Waals surface area contributed by atoms with Crippen molar-refractivity contribution in [3.05, 3.63) is 35.5 Å². The zero-order valence-electron chi connectivity index (χ0n) is 6.72. The molecular weight excluding hydrogens is 120 g/mol. The van der Waals surface area contributed by atoms with Crippen LogP contribution in [0.3, 0.4) is 0 Å². The summed E-state index contributed by atoms with van der Waals surface area (Å²) in [4.78, 5) is 0. The minimum absolute atomic E-state index is 1.09. The summed E-state index contributed by atoms with van der Waals surface area (Å²) < 4.78 is 0. The van der Waals surface area contributed by atoms with Crippen LogP contribution in [0.2, 0.25) is 0 Å². The molecule has 0 aromatic rings. The van der Waals surface area contributed by atoms with Crippen LogP contribution in [0, 0.1) is 0 Å². The molecular formula is C10H14. The lowest BCUT2D eigenvalue weighted by Gasteiger charge is -1.99. The number of rotatable bonds is 0. The van der Waals surface area contributed by atoms with E-state index in [9.17, 15) is 0 Å². The van der Waals surface area contributed by atoms with Gasteiger partial charge in [-0.1, -0.05) is 35.5 Å². The van der Waals surface area contributed by atoms with Gasteiger partial charge in [-0.2, -0.15) is 0 Å². The first-order chi connectivity index (χ1) is 4.79. The Bertz CT molecular complexity index is 192. The topological polar surface area (TPSA) is 0 Å². The van der Waals surface area contributed by atoms with Gasteiger partial charge in [0.2, 0.25) is 0 Å². The monoisotopic (exact) mass is 134 g/mol. The fourth-order valence-corrected chi connectivity index (χ4v) is 0.997. The highest BCUT2D eigenvalue weighted by molar-refractivity contribution is 5.22. The van der Waals surface area contributed by atoms with Crippen LogP contribution in [-0.2, 0) is 0 Å². The summed E-state index contributed by atoms with van der Waals surface area (Å²) in [7, 11) is 0. The molecule has 0 aromatic carbocycles. The van der Waals surface area contributed by atoms with Crippen LogP contribution in [0.15, 0.2) is 35.5 Å². The van der Waals surface area contributed by atoms with Crippen molar-refractivity contribution in [1.82, 2.24) is 0 Å². The smallest absolute Gasteiger partial charge is 0.0136 e. The Hall–Kier alpha value is -0.780. The van der Waals surface area contributed by atoms with E-state index in [4.69, 9.17) is 0 Å². The van der Waals surface area contributed by atoms with E-state index in [0.717, 1.165) is 12.8 Å². The van der Waals surface area contributed by atoms with Gasteiger partial charge in [-0.15, -0.1) is 0 Å². The van der Waals surface area contributed by atoms with E-state index in [1.54, 1.807) is 0 Å². The third kappa shape index (κ3) is 2.22. The SMILES string of the molecule is CC1=C/C/C(C)=C/C/C=C\1. The van der Waals surface area contributed by atoms with E-state index in [1.807, 2.05) is 0 Å². The maximum atomic E-state index is 2.28. The summed E-state index contributed by atoms with van der Waals surface area (Å²) in [5, 5.41) is 0. The Labute approximate surface area is 62.9 Å². The quantitative estimate of drug-likeness (QED) is 0.446. The van der Waals surface area contributed by atoms with Gasteiger partial charge >= 0.3 is 0 Å². The zero-order valence-corrected chi connectivity index (χ0v) is 6.72. The molecule has 0 saturated carbocycles. The van der Waals surface area contributed by atoms with Crippen molar-refractivity contribution in [2.24, 2.45) is 0 Å². The van der Waals surface area contributed by atoms with Gasteiger partial charge in [0.1, 0.15) is 0 Å². The van der Waals surface area contributed by atoms with Crippen LogP contribution < -0.4 is 0 Å². The second-order valence-electron chi connectivity index (χ2n) is 2.84. The van der Waals surface area contributed by atoms with Crippen molar-refractivity contribution < 1.29 is 0 Å². The molecule has 1 aliphatic carbocycles. The van der Waals surface area contributed by atoms with Gasteiger partial charge in [0.25, 0.3) is 0 Å². The second kappa shape index (κ2) is 3.40. The van der Waals surface area contributed by atoms with Gasteiger partial charge in [0, 0.05) is 0 Å². The van der Waals surface area contributed by atoms with E-state index in [1.165, 1.54) is 11.1 Å². The van der Waals surface area contributed by atoms with Crippen LogP contribution in [0.4, 0.5) is 0 Å². The normalized spacial score (nSPS) is 32.6. The van der Waals surface area contributed by atoms with Crippen molar-refractivity contribution in [2.75, 3.05) is 0 Å². The highest BCUT2D eigenvalue weighted by Crippen LogP contribution is 2.10. The summed E-state index contributed by atoms with van der Waals surface area (Å²) in [6, 6.07) is 0. The van der Waals surface area contributed by atoms with Crippen molar-refractivity contribution >= 4 is 0 Å². The molecule has 0 fully saturated rings. The van der Waals surface area contributed by atoms with Crippen molar-refractivity contribution in [3.8, 4) is 0 Å². The van der Waals surface area contributed by atoms with Gasteiger partial charge in [0.05, 0.1) is 0 Å². The van der Waals surface area contributed by atoms with Crippen LogP contribution in [0.25, 0.3) is 0 Å². The van der Waals surface area contributed by atoms with E-state index in [0.29, 0.717) is 0 Å². The van der Waals surface area contributed by atoms with Crippen molar-refractivity contribution in [2.45, 2.75) is 26.7 Å². The number of allylic oxidation sites excluding steroid dienone is 6. The summed E-state index contributed by atoms with van der Waals surface area (Å²) in [5.74, 6) is 0. The molecule has 0 aliphatic heterocycles. The molecule has 1 aliphatic rings. The third-order valence-electron chi connectivity index (χ3n) is 1.73. The average Bonchev–Trinajstić information content (AvgIpc) is 1.90. The molecule has 0 amide bonds. The molecule has 10 heavy (non-hydrogen) atoms. The van der Waals surface area contributed by atoms with E-state index >= 15 is 0 Å². The average molecular weight is 134 g/mol. The second-order valence-corrected chi connectivity index (χ2v) is 2.84. The lowest BCUT2D eigenvalue weighted by Crippen LogP contribution is -1.78. The van der Waals surface area contributed by atoms with Crippen LogP contribution >= 0.6 is 0 Å². The lowest BCUT2D eigenvalue weighted by molar-refractivity contribution is 1.14. The van der Waals surface area contributed by atoms with Gasteiger partial charge in [-0.05, 0) is 26.7 Å². The first-order valence-corrected chi connectivity index (χ1v) is 3.78. The fourth-order valence-electron chi connectivity index (χ4n) is 0.997. The van der Waals surface area contributed by atoms with Crippen LogP contribution in [-0.4, -0.2) is 0 Å². The largest absolute Gasteiger partial charge is 0.0815 e. The zero-order chi connectivity index (χ0) is 7.40. The van der Waals surface area contributed by atoms with Crippen LogP contribution in [0.5, 0.6) is 0 Å². The van der Waals surface area contributed by atoms with Crippen molar-refractivity contribution in [1.29, 1.82) is 0 Å². The fraction of sp³-hybridized carbons (Fsp3) is 0.400. The molecule has 0 unspecified atom stereocenters. The molecule has 0 spiro atoms. The number of hydrogen-bond donors (Lipinski definition) is 0. The molecule has 0 radical (unpaired) electrons. The molecule has 0 bridgehead atoms. The third-order valence-corrected chi connectivity index (χ3v) is 1.73.